The van der Waals surface area contributed by atoms with Crippen molar-refractivity contribution in [3.63, 3.8) is 0 Å². The van der Waals surface area contributed by atoms with Gasteiger partial charge in [-0.3, -0.25) is 4.79 Å². The molecule has 0 aliphatic carbocycles. The molecule has 1 aliphatic heterocycles. The van der Waals surface area contributed by atoms with Crippen LogP contribution in [0.4, 0.5) is 18.3 Å². The van der Waals surface area contributed by atoms with E-state index in [1.165, 1.54) is 29.5 Å². The highest BCUT2D eigenvalue weighted by Crippen LogP contribution is 2.37. The van der Waals surface area contributed by atoms with Gasteiger partial charge in [-0.05, 0) is 12.1 Å². The number of amides is 1. The number of thiazole rings is 1. The molecule has 0 bridgehead atoms. The second-order valence-electron chi connectivity index (χ2n) is 5.68. The van der Waals surface area contributed by atoms with E-state index in [2.05, 4.69) is 4.98 Å². The number of aromatic nitrogens is 1. The largest absolute Gasteiger partial charge is 0.490 e. The van der Waals surface area contributed by atoms with Gasteiger partial charge in [-0.25, -0.2) is 4.98 Å². The van der Waals surface area contributed by atoms with Crippen molar-refractivity contribution < 1.29 is 22.7 Å². The second-order valence-corrected chi connectivity index (χ2v) is 6.51. The zero-order chi connectivity index (χ0) is 18.0. The lowest BCUT2D eigenvalue weighted by Crippen LogP contribution is -2.38. The van der Waals surface area contributed by atoms with E-state index in [1.807, 2.05) is 4.90 Å². The van der Waals surface area contributed by atoms with Crippen LogP contribution in [0.3, 0.4) is 0 Å². The zero-order valence-corrected chi connectivity index (χ0v) is 13.9. The molecule has 2 N–H and O–H groups in total. The number of carbonyl (C=O) groups is 1. The predicted molar refractivity (Wildman–Crippen MR) is 87.9 cm³/mol. The number of nitrogens with two attached hydrogens (primary N) is 1. The van der Waals surface area contributed by atoms with Crippen molar-refractivity contribution in [3.8, 4) is 5.75 Å². The number of carbonyl (C=O) groups excluding carboxylic acids is 1. The third-order valence-corrected chi connectivity index (χ3v) is 4.84. The lowest BCUT2D eigenvalue weighted by molar-refractivity contribution is -0.139. The van der Waals surface area contributed by atoms with Crippen LogP contribution in [0.1, 0.15) is 28.9 Å². The maximum Gasteiger partial charge on any atom is 0.419 e. The Hall–Kier alpha value is -2.29. The van der Waals surface area contributed by atoms with Crippen LogP contribution in [0.25, 0.3) is 0 Å². The summed E-state index contributed by atoms with van der Waals surface area (Å²) in [5, 5.41) is 2.28. The second kappa shape index (κ2) is 6.91. The van der Waals surface area contributed by atoms with Crippen LogP contribution in [0.2, 0.25) is 0 Å². The van der Waals surface area contributed by atoms with Gasteiger partial charge in [0.1, 0.15) is 17.5 Å². The molecule has 9 heteroatoms. The van der Waals surface area contributed by atoms with E-state index in [-0.39, 0.29) is 17.5 Å². The van der Waals surface area contributed by atoms with Gasteiger partial charge in [0.2, 0.25) is 0 Å². The van der Waals surface area contributed by atoms with Crippen LogP contribution >= 0.6 is 11.3 Å². The lowest BCUT2D eigenvalue weighted by Gasteiger charge is -2.32. The fourth-order valence-electron chi connectivity index (χ4n) is 2.67. The fraction of sp³-hybridized carbons (Fsp3) is 0.375. The van der Waals surface area contributed by atoms with Gasteiger partial charge in [-0.2, -0.15) is 13.2 Å². The highest BCUT2D eigenvalue weighted by Gasteiger charge is 2.35. The highest BCUT2D eigenvalue weighted by atomic mass is 32.1. The predicted octanol–water partition coefficient (Wildman–Crippen LogP) is 3.31. The van der Waals surface area contributed by atoms with Crippen LogP contribution < -0.4 is 15.4 Å². The number of hydrogen-bond donors (Lipinski definition) is 1. The molecule has 0 atom stereocenters. The minimum Gasteiger partial charge on any atom is -0.490 e. The summed E-state index contributed by atoms with van der Waals surface area (Å²) in [6.07, 6.45) is -3.60. The average molecular weight is 371 g/mol. The first-order valence-corrected chi connectivity index (χ1v) is 8.55. The van der Waals surface area contributed by atoms with Crippen molar-refractivity contribution >= 4 is 22.4 Å². The van der Waals surface area contributed by atoms with Gasteiger partial charge in [0.25, 0.3) is 5.91 Å². The van der Waals surface area contributed by atoms with Gasteiger partial charge in [0, 0.05) is 31.3 Å². The number of benzene rings is 1. The van der Waals surface area contributed by atoms with Crippen molar-refractivity contribution in [1.29, 1.82) is 0 Å². The number of para-hydroxylation sites is 1. The summed E-state index contributed by atoms with van der Waals surface area (Å²) in [5.74, 6) is -0.719. The van der Waals surface area contributed by atoms with E-state index >= 15 is 0 Å². The maximum atomic E-state index is 13.0. The molecule has 1 aliphatic rings. The molecule has 1 saturated heterocycles. The van der Waals surface area contributed by atoms with Crippen LogP contribution in [-0.4, -0.2) is 30.1 Å². The molecule has 0 spiro atoms. The van der Waals surface area contributed by atoms with Gasteiger partial charge < -0.3 is 15.4 Å². The van der Waals surface area contributed by atoms with Gasteiger partial charge in [0.15, 0.2) is 5.13 Å². The Morgan fingerprint density at radius 3 is 2.56 bits per heavy atom. The molecule has 3 rings (SSSR count). The van der Waals surface area contributed by atoms with Crippen molar-refractivity contribution in [1.82, 2.24) is 4.98 Å². The Balaban J connectivity index is 1.62. The highest BCUT2D eigenvalue weighted by molar-refractivity contribution is 7.13. The molecule has 2 aromatic rings. The fourth-order valence-corrected chi connectivity index (χ4v) is 3.54. The number of alkyl halides is 3. The summed E-state index contributed by atoms with van der Waals surface area (Å²) in [4.78, 5) is 17.2. The minimum absolute atomic E-state index is 0.140. The van der Waals surface area contributed by atoms with Gasteiger partial charge >= 0.3 is 6.18 Å². The number of primary amides is 1. The van der Waals surface area contributed by atoms with Gasteiger partial charge in [-0.15, -0.1) is 11.3 Å². The van der Waals surface area contributed by atoms with Crippen molar-refractivity contribution in [3.05, 3.63) is 40.9 Å². The molecule has 2 heterocycles. The molecule has 1 amide bonds. The van der Waals surface area contributed by atoms with E-state index in [0.717, 1.165) is 6.07 Å². The number of hydrogen-bond acceptors (Lipinski definition) is 5. The zero-order valence-electron chi connectivity index (χ0n) is 13.1. The van der Waals surface area contributed by atoms with Gasteiger partial charge in [0.05, 0.1) is 5.56 Å². The Morgan fingerprint density at radius 2 is 1.96 bits per heavy atom. The molecule has 0 unspecified atom stereocenters. The molecule has 25 heavy (non-hydrogen) atoms. The van der Waals surface area contributed by atoms with Crippen molar-refractivity contribution in [2.24, 2.45) is 5.73 Å². The molecule has 1 aromatic carbocycles. The SMILES string of the molecule is NC(=O)c1csc(N2CCC(Oc3ccccc3C(F)(F)F)CC2)n1. The third kappa shape index (κ3) is 4.04. The molecule has 1 fully saturated rings. The van der Waals surface area contributed by atoms with E-state index < -0.39 is 17.6 Å². The number of piperidine rings is 1. The number of rotatable bonds is 4. The summed E-state index contributed by atoms with van der Waals surface area (Å²) in [7, 11) is 0. The molecule has 0 saturated carbocycles. The number of nitrogens with zero attached hydrogens (tertiary/aromatic N) is 2. The van der Waals surface area contributed by atoms with Crippen molar-refractivity contribution in [2.75, 3.05) is 18.0 Å². The summed E-state index contributed by atoms with van der Waals surface area (Å²) in [6.45, 7) is 1.18. The molecule has 1 aromatic heterocycles. The summed E-state index contributed by atoms with van der Waals surface area (Å²) in [5.41, 5.74) is 4.65. The van der Waals surface area contributed by atoms with Crippen LogP contribution in [0, 0.1) is 0 Å². The molecule has 0 radical (unpaired) electrons. The van der Waals surface area contributed by atoms with E-state index in [4.69, 9.17) is 10.5 Å². The van der Waals surface area contributed by atoms with Crippen LogP contribution in [0.15, 0.2) is 29.6 Å². The first-order chi connectivity index (χ1) is 11.8. The van der Waals surface area contributed by atoms with Crippen LogP contribution in [-0.2, 0) is 6.18 Å². The summed E-state index contributed by atoms with van der Waals surface area (Å²) >= 11 is 1.32. The smallest absolute Gasteiger partial charge is 0.419 e. The topological polar surface area (TPSA) is 68.5 Å². The molecule has 134 valence electrons. The minimum atomic E-state index is -4.44. The third-order valence-electron chi connectivity index (χ3n) is 3.94. The summed E-state index contributed by atoms with van der Waals surface area (Å²) in [6, 6.07) is 5.23. The monoisotopic (exact) mass is 371 g/mol. The van der Waals surface area contributed by atoms with E-state index in [0.29, 0.717) is 31.1 Å². The number of ether oxygens (including phenoxy) is 1. The Labute approximate surface area is 146 Å². The van der Waals surface area contributed by atoms with Gasteiger partial charge in [-0.1, -0.05) is 12.1 Å². The number of halogens is 3. The molecular weight excluding hydrogens is 355 g/mol. The number of anilines is 1. The van der Waals surface area contributed by atoms with E-state index in [1.54, 1.807) is 5.38 Å². The standard InChI is InChI=1S/C16H16F3N3O2S/c17-16(18,19)11-3-1-2-4-13(11)24-10-5-7-22(8-6-10)15-21-12(9-25-15)14(20)23/h1-4,9-10H,5-8H2,(H2,20,23). The Morgan fingerprint density at radius 1 is 1.28 bits per heavy atom. The molecular formula is C16H16F3N3O2S. The Kier molecular flexibility index (Phi) is 4.85. The average Bonchev–Trinajstić information content (AvgIpc) is 3.05. The Bertz CT molecular complexity index is 755. The first-order valence-electron chi connectivity index (χ1n) is 7.68. The molecule has 5 nitrogen and oxygen atoms in total. The normalized spacial score (nSPS) is 16.0. The quantitative estimate of drug-likeness (QED) is 0.895. The lowest BCUT2D eigenvalue weighted by atomic mass is 10.1. The first kappa shape index (κ1) is 17.5. The van der Waals surface area contributed by atoms with E-state index in [9.17, 15) is 18.0 Å². The maximum absolute atomic E-state index is 13.0. The van der Waals surface area contributed by atoms with Crippen molar-refractivity contribution in [2.45, 2.75) is 25.1 Å². The summed E-state index contributed by atoms with van der Waals surface area (Å²) < 4.78 is 44.7. The van der Waals surface area contributed by atoms with Crippen LogP contribution in [0.5, 0.6) is 5.75 Å².